The first-order chi connectivity index (χ1) is 11.2. The minimum Gasteiger partial charge on any atom is -0.381 e. The molecule has 4 nitrogen and oxygen atoms in total. The molecule has 1 N–H and O–H groups in total. The second kappa shape index (κ2) is 8.13. The van der Waals surface area contributed by atoms with Crippen LogP contribution in [0, 0.1) is 5.92 Å². The van der Waals surface area contributed by atoms with Crippen LogP contribution < -0.4 is 5.32 Å². The molecule has 0 spiro atoms. The van der Waals surface area contributed by atoms with E-state index in [0.29, 0.717) is 23.4 Å². The van der Waals surface area contributed by atoms with Gasteiger partial charge in [-0.15, -0.1) is 0 Å². The fourth-order valence-electron chi connectivity index (χ4n) is 3.46. The summed E-state index contributed by atoms with van der Waals surface area (Å²) in [6.45, 7) is 5.11. The molecule has 1 aromatic carbocycles. The van der Waals surface area contributed by atoms with Crippen molar-refractivity contribution in [1.82, 2.24) is 10.2 Å². The van der Waals surface area contributed by atoms with Crippen molar-refractivity contribution >= 4 is 17.5 Å². The van der Waals surface area contributed by atoms with Gasteiger partial charge < -0.3 is 15.0 Å². The molecule has 0 unspecified atom stereocenters. The van der Waals surface area contributed by atoms with Gasteiger partial charge in [0, 0.05) is 37.3 Å². The van der Waals surface area contributed by atoms with E-state index in [-0.39, 0.29) is 5.91 Å². The van der Waals surface area contributed by atoms with Crippen LogP contribution in [0.1, 0.15) is 24.8 Å². The molecule has 3 rings (SSSR count). The molecule has 23 heavy (non-hydrogen) atoms. The lowest BCUT2D eigenvalue weighted by atomic mass is 10.0. The van der Waals surface area contributed by atoms with Crippen LogP contribution in [0.25, 0.3) is 0 Å². The molecule has 2 heterocycles. The predicted molar refractivity (Wildman–Crippen MR) is 91.7 cm³/mol. The maximum Gasteiger partial charge on any atom is 0.224 e. The summed E-state index contributed by atoms with van der Waals surface area (Å²) in [5, 5.41) is 3.85. The monoisotopic (exact) mass is 336 g/mol. The molecular formula is C18H25ClN2O2. The Labute approximate surface area is 143 Å². The normalized spacial score (nSPS) is 23.1. The van der Waals surface area contributed by atoms with E-state index in [4.69, 9.17) is 16.3 Å². The Morgan fingerprint density at radius 2 is 2.13 bits per heavy atom. The van der Waals surface area contributed by atoms with Gasteiger partial charge in [0.1, 0.15) is 0 Å². The van der Waals surface area contributed by atoms with Crippen LogP contribution in [0.5, 0.6) is 0 Å². The molecule has 0 aromatic heterocycles. The molecule has 0 aliphatic carbocycles. The molecule has 1 amide bonds. The van der Waals surface area contributed by atoms with Gasteiger partial charge in [0.15, 0.2) is 0 Å². The Balaban J connectivity index is 1.38. The van der Waals surface area contributed by atoms with E-state index in [1.165, 1.54) is 6.42 Å². The molecule has 0 bridgehead atoms. The second-order valence-corrected chi connectivity index (χ2v) is 7.12. The maximum absolute atomic E-state index is 12.2. The molecule has 0 radical (unpaired) electrons. The van der Waals surface area contributed by atoms with Crippen LogP contribution in [-0.4, -0.2) is 49.7 Å². The number of amides is 1. The summed E-state index contributed by atoms with van der Waals surface area (Å²) >= 11 is 5.96. The minimum atomic E-state index is 0.0925. The number of likely N-dealkylation sites (tertiary alicyclic amines) is 1. The van der Waals surface area contributed by atoms with E-state index in [1.807, 2.05) is 24.3 Å². The van der Waals surface area contributed by atoms with Gasteiger partial charge in [0.05, 0.1) is 13.0 Å². The highest BCUT2D eigenvalue weighted by atomic mass is 35.5. The van der Waals surface area contributed by atoms with Crippen molar-refractivity contribution in [2.24, 2.45) is 5.92 Å². The third-order valence-electron chi connectivity index (χ3n) is 4.75. The molecule has 2 fully saturated rings. The number of benzene rings is 1. The summed E-state index contributed by atoms with van der Waals surface area (Å²) < 4.78 is 5.44. The summed E-state index contributed by atoms with van der Waals surface area (Å²) in [4.78, 5) is 14.7. The Hall–Kier alpha value is -1.10. The first-order valence-electron chi connectivity index (χ1n) is 8.53. The summed E-state index contributed by atoms with van der Waals surface area (Å²) in [7, 11) is 0. The molecule has 5 heteroatoms. The van der Waals surface area contributed by atoms with Crippen molar-refractivity contribution in [3.05, 3.63) is 34.9 Å². The van der Waals surface area contributed by atoms with Gasteiger partial charge >= 0.3 is 0 Å². The van der Waals surface area contributed by atoms with E-state index in [1.54, 1.807) is 0 Å². The third kappa shape index (κ3) is 5.20. The van der Waals surface area contributed by atoms with E-state index >= 15 is 0 Å². The summed E-state index contributed by atoms with van der Waals surface area (Å²) in [5.41, 5.74) is 0.966. The van der Waals surface area contributed by atoms with Gasteiger partial charge in [-0.05, 0) is 42.9 Å². The Morgan fingerprint density at radius 1 is 1.30 bits per heavy atom. The van der Waals surface area contributed by atoms with Crippen molar-refractivity contribution in [3.8, 4) is 0 Å². The number of carbonyl (C=O) groups excluding carboxylic acids is 1. The quantitative estimate of drug-likeness (QED) is 0.898. The smallest absolute Gasteiger partial charge is 0.224 e. The number of hydrogen-bond donors (Lipinski definition) is 1. The van der Waals surface area contributed by atoms with Crippen LogP contribution in [0.15, 0.2) is 24.3 Å². The molecule has 2 saturated heterocycles. The number of piperidine rings is 1. The zero-order valence-corrected chi connectivity index (χ0v) is 14.2. The molecule has 126 valence electrons. The third-order valence-corrected chi connectivity index (χ3v) is 4.98. The van der Waals surface area contributed by atoms with Crippen LogP contribution in [0.3, 0.4) is 0 Å². The van der Waals surface area contributed by atoms with E-state index in [9.17, 15) is 4.79 Å². The molecule has 2 aliphatic rings. The van der Waals surface area contributed by atoms with Crippen LogP contribution >= 0.6 is 11.6 Å². The fourth-order valence-corrected chi connectivity index (χ4v) is 3.68. The zero-order valence-electron chi connectivity index (χ0n) is 13.5. The summed E-state index contributed by atoms with van der Waals surface area (Å²) in [6, 6.07) is 7.81. The number of carbonyl (C=O) groups is 1. The SMILES string of the molecule is O=C(Cc1cccc(Cl)c1)NC1CCN(C[C@H]2CCOC2)CC1. The molecule has 1 aromatic rings. The highest BCUT2D eigenvalue weighted by Gasteiger charge is 2.24. The van der Waals surface area contributed by atoms with E-state index < -0.39 is 0 Å². The topological polar surface area (TPSA) is 41.6 Å². The first kappa shape index (κ1) is 16.7. The number of hydrogen-bond acceptors (Lipinski definition) is 3. The zero-order chi connectivity index (χ0) is 16.1. The lowest BCUT2D eigenvalue weighted by Gasteiger charge is -2.33. The van der Waals surface area contributed by atoms with Crippen molar-refractivity contribution in [2.45, 2.75) is 31.7 Å². The lowest BCUT2D eigenvalue weighted by Crippen LogP contribution is -2.46. The lowest BCUT2D eigenvalue weighted by molar-refractivity contribution is -0.121. The van der Waals surface area contributed by atoms with E-state index in [0.717, 1.165) is 51.3 Å². The second-order valence-electron chi connectivity index (χ2n) is 6.68. The van der Waals surface area contributed by atoms with Crippen molar-refractivity contribution in [2.75, 3.05) is 32.8 Å². The molecule has 2 aliphatic heterocycles. The Morgan fingerprint density at radius 3 is 2.83 bits per heavy atom. The highest BCUT2D eigenvalue weighted by molar-refractivity contribution is 6.30. The summed E-state index contributed by atoms with van der Waals surface area (Å²) in [5.74, 6) is 0.791. The van der Waals surface area contributed by atoms with E-state index in [2.05, 4.69) is 10.2 Å². The number of ether oxygens (including phenoxy) is 1. The van der Waals surface area contributed by atoms with Crippen LogP contribution in [-0.2, 0) is 16.0 Å². The van der Waals surface area contributed by atoms with Gasteiger partial charge in [-0.3, -0.25) is 4.79 Å². The van der Waals surface area contributed by atoms with Crippen LogP contribution in [0.2, 0.25) is 5.02 Å². The highest BCUT2D eigenvalue weighted by Crippen LogP contribution is 2.18. The van der Waals surface area contributed by atoms with Gasteiger partial charge in [-0.1, -0.05) is 23.7 Å². The maximum atomic E-state index is 12.2. The number of nitrogens with zero attached hydrogens (tertiary/aromatic N) is 1. The van der Waals surface area contributed by atoms with Gasteiger partial charge in [-0.2, -0.15) is 0 Å². The number of halogens is 1. The number of rotatable bonds is 5. The average Bonchev–Trinajstić information content (AvgIpc) is 3.02. The van der Waals surface area contributed by atoms with Crippen molar-refractivity contribution < 1.29 is 9.53 Å². The average molecular weight is 337 g/mol. The van der Waals surface area contributed by atoms with Crippen LogP contribution in [0.4, 0.5) is 0 Å². The number of nitrogens with one attached hydrogen (secondary N) is 1. The Kier molecular flexibility index (Phi) is 5.92. The van der Waals surface area contributed by atoms with Gasteiger partial charge in [0.2, 0.25) is 5.91 Å². The van der Waals surface area contributed by atoms with Crippen molar-refractivity contribution in [3.63, 3.8) is 0 Å². The molecule has 0 saturated carbocycles. The summed E-state index contributed by atoms with van der Waals surface area (Å²) in [6.07, 6.45) is 3.67. The predicted octanol–water partition coefficient (Wildman–Crippen LogP) is 2.50. The first-order valence-corrected chi connectivity index (χ1v) is 8.91. The van der Waals surface area contributed by atoms with Crippen molar-refractivity contribution in [1.29, 1.82) is 0 Å². The largest absolute Gasteiger partial charge is 0.381 e. The molecular weight excluding hydrogens is 312 g/mol. The molecule has 1 atom stereocenters. The standard InChI is InChI=1S/C18H25ClN2O2/c19-16-3-1-2-14(10-16)11-18(22)20-17-4-7-21(8-5-17)12-15-6-9-23-13-15/h1-3,10,15,17H,4-9,11-13H2,(H,20,22)/t15-/m1/s1. The Bertz CT molecular complexity index is 524. The van der Waals surface area contributed by atoms with Gasteiger partial charge in [0.25, 0.3) is 0 Å². The van der Waals surface area contributed by atoms with Gasteiger partial charge in [-0.25, -0.2) is 0 Å². The fraction of sp³-hybridized carbons (Fsp3) is 0.611. The minimum absolute atomic E-state index is 0.0925.